The van der Waals surface area contributed by atoms with E-state index in [2.05, 4.69) is 62.4 Å². The Bertz CT molecular complexity index is 527. The van der Waals surface area contributed by atoms with E-state index in [0.717, 1.165) is 25.2 Å². The summed E-state index contributed by atoms with van der Waals surface area (Å²) >= 11 is 0. The zero-order valence-electron chi connectivity index (χ0n) is 16.1. The van der Waals surface area contributed by atoms with Gasteiger partial charge in [0.05, 0.1) is 0 Å². The minimum Gasteiger partial charge on any atom is -0.0622 e. The topological polar surface area (TPSA) is 60.7 Å². The summed E-state index contributed by atoms with van der Waals surface area (Å²) in [7, 11) is -3.74. The average Bonchev–Trinajstić information content (AvgIpc) is 2.62. The van der Waals surface area contributed by atoms with Crippen molar-refractivity contribution in [3.8, 4) is 11.1 Å². The molecule has 2 aromatic carbocycles. The van der Waals surface area contributed by atoms with Gasteiger partial charge in [0.1, 0.15) is 0 Å². The van der Waals surface area contributed by atoms with Crippen molar-refractivity contribution >= 4 is 7.94 Å². The second kappa shape index (κ2) is 13.0. The van der Waals surface area contributed by atoms with Crippen molar-refractivity contribution < 1.29 is 14.7 Å². The van der Waals surface area contributed by atoms with Gasteiger partial charge in [0.15, 0.2) is 0 Å². The maximum atomic E-state index is 8.74. The number of hydrogen-bond acceptors (Lipinski definition) is 3. The van der Waals surface area contributed by atoms with Gasteiger partial charge >= 0.3 is 87.1 Å². The molecule has 0 bridgehead atoms. The van der Waals surface area contributed by atoms with E-state index < -0.39 is 7.94 Å². The third kappa shape index (κ3) is 12.2. The minimum atomic E-state index is -3.74. The maximum absolute atomic E-state index is 8.74. The van der Waals surface area contributed by atoms with Gasteiger partial charge < -0.3 is 0 Å². The number of benzene rings is 2. The van der Waals surface area contributed by atoms with Gasteiger partial charge in [-0.1, -0.05) is 60.7 Å². The summed E-state index contributed by atoms with van der Waals surface area (Å²) in [5, 5.41) is 0. The van der Waals surface area contributed by atoms with Crippen LogP contribution in [0.3, 0.4) is 0 Å². The van der Waals surface area contributed by atoms with Crippen LogP contribution in [0, 0.1) is 5.92 Å². The molecule has 0 radical (unpaired) electrons. The first-order valence-corrected chi connectivity index (χ1v) is 11.7. The Morgan fingerprint density at radius 1 is 0.654 bits per heavy atom. The summed E-state index contributed by atoms with van der Waals surface area (Å²) in [5.74, 6) is 0.780. The third-order valence-corrected chi connectivity index (χ3v) is 5.20. The minimum absolute atomic E-state index is 0.192. The zero-order valence-corrected chi connectivity index (χ0v) is 17.1. The van der Waals surface area contributed by atoms with Gasteiger partial charge in [-0.3, -0.25) is 0 Å². The van der Waals surface area contributed by atoms with Gasteiger partial charge in [0.2, 0.25) is 0 Å². The van der Waals surface area contributed by atoms with Crippen molar-refractivity contribution in [1.82, 2.24) is 0 Å². The molecule has 2 aromatic rings. The van der Waals surface area contributed by atoms with Crippen molar-refractivity contribution in [3.63, 3.8) is 0 Å². The molecule has 0 saturated heterocycles. The third-order valence-electron chi connectivity index (χ3n) is 4.17. The molecule has 4 heteroatoms. The van der Waals surface area contributed by atoms with Crippen LogP contribution in [0.5, 0.6) is 0 Å². The zero-order chi connectivity index (χ0) is 19.3. The van der Waals surface area contributed by atoms with E-state index in [1.54, 1.807) is 0 Å². The normalized spacial score (nSPS) is 11.8. The van der Waals surface area contributed by atoms with Crippen LogP contribution in [0.1, 0.15) is 52.4 Å². The van der Waals surface area contributed by atoms with Gasteiger partial charge in [0.25, 0.3) is 0 Å². The molecular weight excluding hydrogens is 343 g/mol. The van der Waals surface area contributed by atoms with Crippen LogP contribution in [0.2, 0.25) is 0 Å². The van der Waals surface area contributed by atoms with E-state index >= 15 is 0 Å². The second-order valence-corrected chi connectivity index (χ2v) is 9.26. The number of unbranched alkanes of at least 4 members (excludes halogenated alkanes) is 4. The van der Waals surface area contributed by atoms with Crippen molar-refractivity contribution in [2.75, 3.05) is 6.16 Å². The average molecular weight is 378 g/mol. The number of hydrogen-bond donors (Lipinski definition) is 3. The van der Waals surface area contributed by atoms with E-state index in [9.17, 15) is 0 Å². The van der Waals surface area contributed by atoms with Crippen LogP contribution < -0.4 is 0 Å². The largest absolute Gasteiger partial charge is 0.0622 e. The van der Waals surface area contributed by atoms with Crippen LogP contribution in [0.25, 0.3) is 11.1 Å². The fourth-order valence-corrected chi connectivity index (χ4v) is 3.43. The number of rotatable bonds is 9. The molecule has 0 aliphatic heterocycles. The molecule has 3 N–H and O–H groups in total. The predicted octanol–water partition coefficient (Wildman–Crippen LogP) is 5.81. The molecule has 0 aromatic heterocycles. The predicted molar refractivity (Wildman–Crippen MR) is 114 cm³/mol. The smallest absolute Gasteiger partial charge is 0.0184 e. The molecular formula is C22H35O3P. The molecule has 26 heavy (non-hydrogen) atoms. The van der Waals surface area contributed by atoms with Crippen molar-refractivity contribution in [3.05, 3.63) is 60.7 Å². The Balaban J connectivity index is 0.000000262. The van der Waals surface area contributed by atoms with Crippen LogP contribution >= 0.6 is 7.94 Å². The molecule has 0 atom stereocenters. The standard InChI is InChI=1S/C12H10.C10H25O3P/c1-3-7-11(8-4-1)12-9-5-2-6-10-12;1-10(2)8-6-4-3-5-7-9-14(11,12)13/h1-10H;10-14H,3-9H2,1-2H3. The summed E-state index contributed by atoms with van der Waals surface area (Å²) in [6, 6.07) is 20.8. The SMILES string of the molecule is CC(C)CCCCCCC[PH](O)(O)O.c1ccc(-c2ccccc2)cc1. The van der Waals surface area contributed by atoms with Crippen LogP contribution in [-0.2, 0) is 0 Å². The Labute approximate surface area is 159 Å². The van der Waals surface area contributed by atoms with E-state index in [-0.39, 0.29) is 6.16 Å². The van der Waals surface area contributed by atoms with Crippen LogP contribution in [0.4, 0.5) is 0 Å². The first-order valence-electron chi connectivity index (χ1n) is 9.66. The molecule has 0 unspecified atom stereocenters. The summed E-state index contributed by atoms with van der Waals surface area (Å²) in [5.41, 5.74) is 2.55. The van der Waals surface area contributed by atoms with Gasteiger partial charge in [-0.25, -0.2) is 0 Å². The van der Waals surface area contributed by atoms with Gasteiger partial charge in [-0.15, -0.1) is 0 Å². The van der Waals surface area contributed by atoms with Gasteiger partial charge in [0, 0.05) is 0 Å². The first kappa shape index (κ1) is 22.8. The van der Waals surface area contributed by atoms with Crippen molar-refractivity contribution in [1.29, 1.82) is 0 Å². The van der Waals surface area contributed by atoms with Gasteiger partial charge in [-0.2, -0.15) is 0 Å². The molecule has 3 nitrogen and oxygen atoms in total. The molecule has 0 fully saturated rings. The van der Waals surface area contributed by atoms with Crippen molar-refractivity contribution in [2.45, 2.75) is 52.4 Å². The molecule has 0 heterocycles. The van der Waals surface area contributed by atoms with E-state index in [1.807, 2.05) is 12.1 Å². The molecule has 0 aliphatic rings. The second-order valence-electron chi connectivity index (χ2n) is 7.21. The maximum Gasteiger partial charge on any atom is -0.0184 e. The first-order chi connectivity index (χ1) is 12.4. The summed E-state index contributed by atoms with van der Waals surface area (Å²) < 4.78 is 0. The summed E-state index contributed by atoms with van der Waals surface area (Å²) in [6.45, 7) is 4.45. The fraction of sp³-hybridized carbons (Fsp3) is 0.455. The summed E-state index contributed by atoms with van der Waals surface area (Å²) in [6.07, 6.45) is 6.81. The monoisotopic (exact) mass is 378 g/mol. The quantitative estimate of drug-likeness (QED) is 0.381. The molecule has 0 aliphatic carbocycles. The molecule has 0 spiro atoms. The molecule has 2 rings (SSSR count). The Hall–Kier alpha value is -1.25. The Morgan fingerprint density at radius 3 is 1.50 bits per heavy atom. The van der Waals surface area contributed by atoms with Gasteiger partial charge in [-0.05, 0) is 11.1 Å². The molecule has 0 amide bonds. The van der Waals surface area contributed by atoms with Crippen molar-refractivity contribution in [2.24, 2.45) is 5.92 Å². The Morgan fingerprint density at radius 2 is 1.08 bits per heavy atom. The fourth-order valence-electron chi connectivity index (χ4n) is 2.71. The molecule has 0 saturated carbocycles. The summed E-state index contributed by atoms with van der Waals surface area (Å²) in [4.78, 5) is 26.2. The Kier molecular flexibility index (Phi) is 11.4. The molecule has 146 valence electrons. The van der Waals surface area contributed by atoms with E-state index in [1.165, 1.54) is 30.4 Å². The van der Waals surface area contributed by atoms with E-state index in [4.69, 9.17) is 14.7 Å². The van der Waals surface area contributed by atoms with Crippen LogP contribution in [-0.4, -0.2) is 20.8 Å². The van der Waals surface area contributed by atoms with Crippen LogP contribution in [0.15, 0.2) is 60.7 Å². The van der Waals surface area contributed by atoms with E-state index in [0.29, 0.717) is 0 Å².